The Labute approximate surface area is 131 Å². The molecule has 0 bridgehead atoms. The van der Waals surface area contributed by atoms with Crippen LogP contribution in [-0.4, -0.2) is 43.2 Å². The van der Waals surface area contributed by atoms with Crippen molar-refractivity contribution in [1.29, 1.82) is 5.26 Å². The molecular weight excluding hydrogens is 282 g/mol. The summed E-state index contributed by atoms with van der Waals surface area (Å²) < 4.78 is 0. The van der Waals surface area contributed by atoms with E-state index in [1.165, 1.54) is 0 Å². The normalized spacial score (nSPS) is 10.0. The third kappa shape index (κ3) is 4.40. The fraction of sp³-hybridized carbons (Fsp3) is 0.500. The van der Waals surface area contributed by atoms with Gasteiger partial charge in [0.25, 0.3) is 0 Å². The number of thioether (sulfide) groups is 1. The van der Waals surface area contributed by atoms with Crippen molar-refractivity contribution in [2.24, 2.45) is 0 Å². The van der Waals surface area contributed by atoms with E-state index in [0.29, 0.717) is 18.7 Å². The van der Waals surface area contributed by atoms with E-state index in [4.69, 9.17) is 0 Å². The zero-order chi connectivity index (χ0) is 15.8. The second kappa shape index (κ2) is 8.58. The lowest BCUT2D eigenvalue weighted by atomic mass is 10.1. The molecule has 0 saturated heterocycles. The maximum atomic E-state index is 12.2. The van der Waals surface area contributed by atoms with Gasteiger partial charge in [0.15, 0.2) is 0 Å². The van der Waals surface area contributed by atoms with Crippen molar-refractivity contribution in [1.82, 2.24) is 4.90 Å². The summed E-state index contributed by atoms with van der Waals surface area (Å²) in [5.74, 6) is 1.00. The maximum Gasteiger partial charge on any atom is 0.242 e. The number of carbonyl (C=O) groups excluding carboxylic acids is 1. The number of hydrogen-bond donors (Lipinski definition) is 0. The van der Waals surface area contributed by atoms with Gasteiger partial charge >= 0.3 is 0 Å². The maximum absolute atomic E-state index is 12.2. The van der Waals surface area contributed by atoms with Gasteiger partial charge in [-0.2, -0.15) is 5.26 Å². The first kappa shape index (κ1) is 17.4. The molecule has 0 heterocycles. The number of nitrogens with zero attached hydrogens (tertiary/aromatic N) is 3. The molecule has 1 aromatic carbocycles. The molecular formula is C16H23N3OS. The van der Waals surface area contributed by atoms with E-state index in [9.17, 15) is 10.1 Å². The quantitative estimate of drug-likeness (QED) is 0.727. The number of anilines is 1. The fourth-order valence-electron chi connectivity index (χ4n) is 2.19. The molecule has 4 nitrogen and oxygen atoms in total. The zero-order valence-corrected chi connectivity index (χ0v) is 14.0. The third-order valence-corrected chi connectivity index (χ3v) is 4.26. The minimum atomic E-state index is 0.0833. The molecule has 0 aliphatic heterocycles. The summed E-state index contributed by atoms with van der Waals surface area (Å²) in [6, 6.07) is 8.06. The van der Waals surface area contributed by atoms with Crippen LogP contribution in [0.1, 0.15) is 26.3 Å². The van der Waals surface area contributed by atoms with Gasteiger partial charge in [-0.15, -0.1) is 11.8 Å². The van der Waals surface area contributed by atoms with Crippen LogP contribution in [0.5, 0.6) is 0 Å². The second-order valence-electron chi connectivity index (χ2n) is 4.62. The highest BCUT2D eigenvalue weighted by atomic mass is 32.2. The average Bonchev–Trinajstić information content (AvgIpc) is 2.48. The lowest BCUT2D eigenvalue weighted by Gasteiger charge is -2.25. The topological polar surface area (TPSA) is 47.3 Å². The third-order valence-electron chi connectivity index (χ3n) is 3.32. The summed E-state index contributed by atoms with van der Waals surface area (Å²) >= 11 is 1.65. The van der Waals surface area contributed by atoms with E-state index < -0.39 is 0 Å². The molecule has 5 heteroatoms. The van der Waals surface area contributed by atoms with Crippen molar-refractivity contribution in [3.8, 4) is 6.07 Å². The molecule has 114 valence electrons. The molecule has 0 aromatic heterocycles. The van der Waals surface area contributed by atoms with E-state index in [0.717, 1.165) is 16.3 Å². The Hall–Kier alpha value is -1.67. The molecule has 21 heavy (non-hydrogen) atoms. The van der Waals surface area contributed by atoms with Crippen LogP contribution in [0.25, 0.3) is 0 Å². The number of hydrogen-bond acceptors (Lipinski definition) is 4. The monoisotopic (exact) mass is 305 g/mol. The van der Waals surface area contributed by atoms with E-state index in [1.54, 1.807) is 16.7 Å². The standard InChI is InChI=1S/C16H23N3OS/c1-5-19(6-2)16(20)12-18(4)14-9-8-10-15(21-7-3)13(14)11-17/h8-10H,5-7,12H2,1-4H3. The summed E-state index contributed by atoms with van der Waals surface area (Å²) in [6.07, 6.45) is 0. The predicted octanol–water partition coefficient (Wildman–Crippen LogP) is 2.97. The molecule has 1 rings (SSSR count). The molecule has 0 saturated carbocycles. The lowest BCUT2D eigenvalue weighted by Crippen LogP contribution is -2.39. The molecule has 0 atom stereocenters. The van der Waals surface area contributed by atoms with Crippen LogP contribution in [0.4, 0.5) is 5.69 Å². The van der Waals surface area contributed by atoms with Crippen LogP contribution in [0.3, 0.4) is 0 Å². The summed E-state index contributed by atoms with van der Waals surface area (Å²) in [4.78, 5) is 16.8. The van der Waals surface area contributed by atoms with Crippen molar-refractivity contribution in [2.75, 3.05) is 37.3 Å². The molecule has 0 spiro atoms. The molecule has 0 fully saturated rings. The van der Waals surface area contributed by atoms with Crippen LogP contribution in [-0.2, 0) is 4.79 Å². The van der Waals surface area contributed by atoms with E-state index >= 15 is 0 Å². The van der Waals surface area contributed by atoms with Crippen molar-refractivity contribution in [3.05, 3.63) is 23.8 Å². The van der Waals surface area contributed by atoms with E-state index in [1.807, 2.05) is 44.0 Å². The SMILES string of the molecule is CCSc1cccc(N(C)CC(=O)N(CC)CC)c1C#N. The molecule has 1 amide bonds. The van der Waals surface area contributed by atoms with Gasteiger partial charge in [0.2, 0.25) is 5.91 Å². The Morgan fingerprint density at radius 1 is 1.29 bits per heavy atom. The van der Waals surface area contributed by atoms with Crippen LogP contribution in [0.15, 0.2) is 23.1 Å². The molecule has 0 radical (unpaired) electrons. The molecule has 0 aliphatic carbocycles. The van der Waals surface area contributed by atoms with Gasteiger partial charge in [0, 0.05) is 25.0 Å². The van der Waals surface area contributed by atoms with E-state index in [2.05, 4.69) is 13.0 Å². The van der Waals surface area contributed by atoms with Gasteiger partial charge in [0.05, 0.1) is 17.8 Å². The fourth-order valence-corrected chi connectivity index (χ4v) is 2.97. The largest absolute Gasteiger partial charge is 0.364 e. The van der Waals surface area contributed by atoms with Crippen LogP contribution in [0.2, 0.25) is 0 Å². The van der Waals surface area contributed by atoms with Gasteiger partial charge in [-0.3, -0.25) is 4.79 Å². The van der Waals surface area contributed by atoms with Crippen LogP contribution < -0.4 is 4.90 Å². The minimum absolute atomic E-state index is 0.0833. The van der Waals surface area contributed by atoms with Gasteiger partial charge in [-0.25, -0.2) is 0 Å². The Kier molecular flexibility index (Phi) is 7.10. The van der Waals surface area contributed by atoms with Gasteiger partial charge < -0.3 is 9.80 Å². The highest BCUT2D eigenvalue weighted by molar-refractivity contribution is 7.99. The number of amides is 1. The second-order valence-corrected chi connectivity index (χ2v) is 5.92. The first-order valence-electron chi connectivity index (χ1n) is 7.23. The number of carbonyl (C=O) groups is 1. The van der Waals surface area contributed by atoms with Gasteiger partial charge in [-0.1, -0.05) is 13.0 Å². The summed E-state index contributed by atoms with van der Waals surface area (Å²) in [6.45, 7) is 7.71. The van der Waals surface area contributed by atoms with Crippen molar-refractivity contribution >= 4 is 23.4 Å². The Morgan fingerprint density at radius 2 is 1.95 bits per heavy atom. The Morgan fingerprint density at radius 3 is 2.48 bits per heavy atom. The summed E-state index contributed by atoms with van der Waals surface area (Å²) in [7, 11) is 1.86. The van der Waals surface area contributed by atoms with Gasteiger partial charge in [-0.05, 0) is 31.7 Å². The van der Waals surface area contributed by atoms with Gasteiger partial charge in [0.1, 0.15) is 6.07 Å². The van der Waals surface area contributed by atoms with Crippen molar-refractivity contribution in [2.45, 2.75) is 25.7 Å². The molecule has 0 aliphatic rings. The highest BCUT2D eigenvalue weighted by Gasteiger charge is 2.16. The van der Waals surface area contributed by atoms with Crippen LogP contribution in [0, 0.1) is 11.3 Å². The summed E-state index contributed by atoms with van der Waals surface area (Å²) in [5, 5.41) is 9.43. The lowest BCUT2D eigenvalue weighted by molar-refractivity contribution is -0.129. The van der Waals surface area contributed by atoms with Crippen molar-refractivity contribution < 1.29 is 4.79 Å². The molecule has 0 unspecified atom stereocenters. The smallest absolute Gasteiger partial charge is 0.242 e. The Bertz CT molecular complexity index is 521. The van der Waals surface area contributed by atoms with Crippen molar-refractivity contribution in [3.63, 3.8) is 0 Å². The van der Waals surface area contributed by atoms with E-state index in [-0.39, 0.29) is 12.5 Å². The van der Waals surface area contributed by atoms with Crippen LogP contribution >= 0.6 is 11.8 Å². The first-order valence-corrected chi connectivity index (χ1v) is 8.22. The number of nitriles is 1. The number of rotatable bonds is 7. The predicted molar refractivity (Wildman–Crippen MR) is 88.8 cm³/mol. The highest BCUT2D eigenvalue weighted by Crippen LogP contribution is 2.29. The molecule has 0 N–H and O–H groups in total. The minimum Gasteiger partial charge on any atom is -0.364 e. The number of likely N-dealkylation sites (N-methyl/N-ethyl adjacent to an activating group) is 2. The zero-order valence-electron chi connectivity index (χ0n) is 13.2. The average molecular weight is 305 g/mol. The molecule has 1 aromatic rings. The first-order chi connectivity index (χ1) is 10.1. The summed E-state index contributed by atoms with van der Waals surface area (Å²) in [5.41, 5.74) is 1.47. The number of benzene rings is 1. The Balaban J connectivity index is 2.97.